The highest BCUT2D eigenvalue weighted by atomic mass is 16.6. The van der Waals surface area contributed by atoms with Gasteiger partial charge in [-0.1, -0.05) is 42.5 Å². The van der Waals surface area contributed by atoms with E-state index in [0.717, 1.165) is 16.5 Å². The number of fused-ring (bicyclic) bond motifs is 1. The van der Waals surface area contributed by atoms with E-state index in [1.165, 1.54) is 6.33 Å². The van der Waals surface area contributed by atoms with Crippen molar-refractivity contribution in [2.24, 2.45) is 0 Å². The monoisotopic (exact) mass is 407 g/mol. The zero-order valence-corrected chi connectivity index (χ0v) is 17.2. The maximum atomic E-state index is 12.9. The van der Waals surface area contributed by atoms with Crippen molar-refractivity contribution in [2.75, 3.05) is 5.43 Å². The highest BCUT2D eigenvalue weighted by Gasteiger charge is 2.25. The molecule has 0 saturated heterocycles. The summed E-state index contributed by atoms with van der Waals surface area (Å²) in [6.45, 7) is 5.29. The predicted molar refractivity (Wildman–Crippen MR) is 115 cm³/mol. The lowest BCUT2D eigenvalue weighted by Gasteiger charge is -2.23. The summed E-state index contributed by atoms with van der Waals surface area (Å²) in [5.41, 5.74) is 6.44. The number of hydrazine groups is 1. The quantitative estimate of drug-likeness (QED) is 0.542. The third kappa shape index (κ3) is 5.91. The van der Waals surface area contributed by atoms with Gasteiger partial charge in [-0.25, -0.2) is 14.8 Å². The number of rotatable bonds is 6. The van der Waals surface area contributed by atoms with E-state index < -0.39 is 23.6 Å². The van der Waals surface area contributed by atoms with E-state index in [9.17, 15) is 9.59 Å². The van der Waals surface area contributed by atoms with Crippen molar-refractivity contribution in [3.8, 4) is 0 Å². The van der Waals surface area contributed by atoms with Crippen molar-refractivity contribution in [3.63, 3.8) is 0 Å². The SMILES string of the molecule is CC(C)(C)OC(=O)NC(Cc1ccccc1)C(=O)NNc1ncnc2ccccc12. The van der Waals surface area contributed by atoms with E-state index in [-0.39, 0.29) is 0 Å². The highest BCUT2D eigenvalue weighted by molar-refractivity contribution is 5.91. The maximum absolute atomic E-state index is 12.9. The minimum absolute atomic E-state index is 0.304. The summed E-state index contributed by atoms with van der Waals surface area (Å²) >= 11 is 0. The van der Waals surface area contributed by atoms with Gasteiger partial charge in [-0.3, -0.25) is 15.6 Å². The molecule has 0 aliphatic heterocycles. The fourth-order valence-electron chi connectivity index (χ4n) is 2.82. The van der Waals surface area contributed by atoms with Gasteiger partial charge in [0.15, 0.2) is 5.82 Å². The molecule has 2 amide bonds. The van der Waals surface area contributed by atoms with Gasteiger partial charge in [0.1, 0.15) is 18.0 Å². The Morgan fingerprint density at radius 3 is 2.43 bits per heavy atom. The average Bonchev–Trinajstić information content (AvgIpc) is 2.71. The number of anilines is 1. The molecule has 1 atom stereocenters. The molecule has 0 saturated carbocycles. The van der Waals surface area contributed by atoms with Crippen LogP contribution in [0.15, 0.2) is 60.9 Å². The lowest BCUT2D eigenvalue weighted by Crippen LogP contribution is -2.50. The number of nitrogens with zero attached hydrogens (tertiary/aromatic N) is 2. The molecule has 1 heterocycles. The van der Waals surface area contributed by atoms with Gasteiger partial charge < -0.3 is 10.1 Å². The molecular weight excluding hydrogens is 382 g/mol. The van der Waals surface area contributed by atoms with Gasteiger partial charge in [0.2, 0.25) is 0 Å². The molecule has 0 aliphatic carbocycles. The van der Waals surface area contributed by atoms with E-state index in [1.807, 2.05) is 54.6 Å². The molecule has 0 bridgehead atoms. The van der Waals surface area contributed by atoms with Gasteiger partial charge in [-0.2, -0.15) is 0 Å². The first kappa shape index (κ1) is 21.0. The number of benzene rings is 2. The van der Waals surface area contributed by atoms with Gasteiger partial charge >= 0.3 is 6.09 Å². The Labute approximate surface area is 175 Å². The van der Waals surface area contributed by atoms with E-state index in [0.29, 0.717) is 12.2 Å². The lowest BCUT2D eigenvalue weighted by atomic mass is 10.1. The van der Waals surface area contributed by atoms with Crippen LogP contribution in [0.2, 0.25) is 0 Å². The maximum Gasteiger partial charge on any atom is 0.408 e. The third-order valence-corrected chi connectivity index (χ3v) is 4.14. The Morgan fingerprint density at radius 1 is 1.00 bits per heavy atom. The second-order valence-corrected chi connectivity index (χ2v) is 7.74. The third-order valence-electron chi connectivity index (χ3n) is 4.14. The molecule has 3 N–H and O–H groups in total. The molecule has 2 aromatic carbocycles. The molecule has 1 unspecified atom stereocenters. The molecule has 0 spiro atoms. The van der Waals surface area contributed by atoms with Crippen LogP contribution in [0, 0.1) is 0 Å². The first-order valence-corrected chi connectivity index (χ1v) is 9.61. The summed E-state index contributed by atoms with van der Waals surface area (Å²) < 4.78 is 5.31. The molecular formula is C22H25N5O3. The number of carbonyl (C=O) groups excluding carboxylic acids is 2. The average molecular weight is 407 g/mol. The molecule has 0 aliphatic rings. The lowest BCUT2D eigenvalue weighted by molar-refractivity contribution is -0.122. The first-order valence-electron chi connectivity index (χ1n) is 9.61. The smallest absolute Gasteiger partial charge is 0.408 e. The molecule has 0 fully saturated rings. The molecule has 3 rings (SSSR count). The van der Waals surface area contributed by atoms with Crippen molar-refractivity contribution in [1.29, 1.82) is 0 Å². The largest absolute Gasteiger partial charge is 0.444 e. The van der Waals surface area contributed by atoms with Crippen LogP contribution in [-0.4, -0.2) is 33.6 Å². The fraction of sp³-hybridized carbons (Fsp3) is 0.273. The molecule has 8 heteroatoms. The second-order valence-electron chi connectivity index (χ2n) is 7.74. The summed E-state index contributed by atoms with van der Waals surface area (Å²) in [7, 11) is 0. The van der Waals surface area contributed by atoms with Gasteiger partial charge in [-0.05, 0) is 38.5 Å². The zero-order chi connectivity index (χ0) is 21.6. The highest BCUT2D eigenvalue weighted by Crippen LogP contribution is 2.17. The summed E-state index contributed by atoms with van der Waals surface area (Å²) in [6, 6.07) is 16.0. The molecule has 8 nitrogen and oxygen atoms in total. The van der Waals surface area contributed by atoms with Crippen LogP contribution in [0.5, 0.6) is 0 Å². The summed E-state index contributed by atoms with van der Waals surface area (Å²) in [5, 5.41) is 3.41. The summed E-state index contributed by atoms with van der Waals surface area (Å²) in [5.74, 6) is 0.0390. The zero-order valence-electron chi connectivity index (χ0n) is 17.2. The van der Waals surface area contributed by atoms with E-state index in [1.54, 1.807) is 20.8 Å². The van der Waals surface area contributed by atoms with Crippen molar-refractivity contribution >= 4 is 28.7 Å². The number of alkyl carbamates (subject to hydrolysis) is 1. The van der Waals surface area contributed by atoms with Crippen LogP contribution >= 0.6 is 0 Å². The van der Waals surface area contributed by atoms with Crippen LogP contribution in [0.3, 0.4) is 0 Å². The number of amides is 2. The molecule has 30 heavy (non-hydrogen) atoms. The van der Waals surface area contributed by atoms with Crippen LogP contribution < -0.4 is 16.2 Å². The second kappa shape index (κ2) is 9.21. The van der Waals surface area contributed by atoms with Gasteiger partial charge in [0, 0.05) is 11.8 Å². The van der Waals surface area contributed by atoms with E-state index >= 15 is 0 Å². The van der Waals surface area contributed by atoms with Gasteiger partial charge in [-0.15, -0.1) is 0 Å². The van der Waals surface area contributed by atoms with Crippen molar-refractivity contribution in [3.05, 3.63) is 66.5 Å². The molecule has 3 aromatic rings. The van der Waals surface area contributed by atoms with Crippen LogP contribution in [0.1, 0.15) is 26.3 Å². The van der Waals surface area contributed by atoms with Crippen LogP contribution in [0.4, 0.5) is 10.6 Å². The van der Waals surface area contributed by atoms with E-state index in [4.69, 9.17) is 4.74 Å². The Kier molecular flexibility index (Phi) is 6.46. The normalized spacial score (nSPS) is 12.1. The minimum Gasteiger partial charge on any atom is -0.444 e. The molecule has 0 radical (unpaired) electrons. The molecule has 1 aromatic heterocycles. The van der Waals surface area contributed by atoms with Crippen LogP contribution in [0.25, 0.3) is 10.9 Å². The van der Waals surface area contributed by atoms with Crippen molar-refractivity contribution < 1.29 is 14.3 Å². The summed E-state index contributed by atoms with van der Waals surface area (Å²) in [4.78, 5) is 33.5. The number of carbonyl (C=O) groups is 2. The van der Waals surface area contributed by atoms with Gasteiger partial charge in [0.05, 0.1) is 5.52 Å². The molecule has 156 valence electrons. The van der Waals surface area contributed by atoms with Crippen molar-refractivity contribution in [2.45, 2.75) is 38.8 Å². The van der Waals surface area contributed by atoms with Gasteiger partial charge in [0.25, 0.3) is 5.91 Å². The number of aromatic nitrogens is 2. The topological polar surface area (TPSA) is 105 Å². The number of ether oxygens (including phenoxy) is 1. The number of nitrogens with one attached hydrogen (secondary N) is 3. The predicted octanol–water partition coefficient (Wildman–Crippen LogP) is 3.21. The Morgan fingerprint density at radius 2 is 1.70 bits per heavy atom. The first-order chi connectivity index (χ1) is 14.3. The fourth-order valence-corrected chi connectivity index (χ4v) is 2.82. The Hall–Kier alpha value is -3.68. The Balaban J connectivity index is 1.72. The number of para-hydroxylation sites is 1. The Bertz CT molecular complexity index is 1010. The van der Waals surface area contributed by atoms with Crippen LogP contribution in [-0.2, 0) is 16.0 Å². The number of hydrogen-bond donors (Lipinski definition) is 3. The number of hydrogen-bond acceptors (Lipinski definition) is 6. The standard InChI is InChI=1S/C22H25N5O3/c1-22(2,3)30-21(29)25-18(13-15-9-5-4-6-10-15)20(28)27-26-19-16-11-7-8-12-17(16)23-14-24-19/h4-12,14,18H,13H2,1-3H3,(H,25,29)(H,27,28)(H,23,24,26). The van der Waals surface area contributed by atoms with Crippen molar-refractivity contribution in [1.82, 2.24) is 20.7 Å². The van der Waals surface area contributed by atoms with E-state index in [2.05, 4.69) is 26.1 Å². The summed E-state index contributed by atoms with van der Waals surface area (Å²) in [6.07, 6.45) is 1.06. The minimum atomic E-state index is -0.845.